The maximum absolute atomic E-state index is 5.68. The zero-order valence-corrected chi connectivity index (χ0v) is 10.1. The van der Waals surface area contributed by atoms with Crippen LogP contribution in [-0.2, 0) is 9.47 Å². The van der Waals surface area contributed by atoms with Crippen molar-refractivity contribution in [3.63, 3.8) is 0 Å². The molecule has 0 aliphatic carbocycles. The second-order valence-corrected chi connectivity index (χ2v) is 4.35. The summed E-state index contributed by atoms with van der Waals surface area (Å²) in [6.07, 6.45) is 5.05. The minimum absolute atomic E-state index is 0.359. The molecule has 3 heteroatoms. The van der Waals surface area contributed by atoms with Crippen molar-refractivity contribution in [2.75, 3.05) is 26.4 Å². The summed E-state index contributed by atoms with van der Waals surface area (Å²) in [5.41, 5.74) is 0. The normalized spacial score (nSPS) is 23.2. The van der Waals surface area contributed by atoms with Crippen molar-refractivity contribution in [3.8, 4) is 0 Å². The van der Waals surface area contributed by atoms with E-state index in [1.165, 1.54) is 12.8 Å². The van der Waals surface area contributed by atoms with E-state index in [0.717, 1.165) is 39.2 Å². The molecule has 2 unspecified atom stereocenters. The van der Waals surface area contributed by atoms with Crippen LogP contribution in [0.25, 0.3) is 0 Å². The molecule has 1 saturated heterocycles. The lowest BCUT2D eigenvalue weighted by molar-refractivity contribution is 0.0414. The number of hydrogen-bond donors (Lipinski definition) is 1. The summed E-state index contributed by atoms with van der Waals surface area (Å²) in [4.78, 5) is 0. The average Bonchev–Trinajstić information content (AvgIpc) is 2.70. The molecule has 1 rings (SSSR count). The minimum Gasteiger partial charge on any atom is -0.379 e. The molecule has 90 valence electrons. The Bertz CT molecular complexity index is 147. The Morgan fingerprint density at radius 2 is 2.40 bits per heavy atom. The van der Waals surface area contributed by atoms with Crippen LogP contribution in [0.3, 0.4) is 0 Å². The van der Waals surface area contributed by atoms with Crippen LogP contribution in [0.2, 0.25) is 0 Å². The van der Waals surface area contributed by atoms with Gasteiger partial charge in [-0.2, -0.15) is 0 Å². The number of rotatable bonds is 8. The van der Waals surface area contributed by atoms with Crippen molar-refractivity contribution in [3.05, 3.63) is 0 Å². The fourth-order valence-electron chi connectivity index (χ4n) is 1.85. The van der Waals surface area contributed by atoms with E-state index in [-0.39, 0.29) is 0 Å². The molecule has 1 heterocycles. The van der Waals surface area contributed by atoms with E-state index in [4.69, 9.17) is 9.47 Å². The molecular weight excluding hydrogens is 190 g/mol. The molecule has 0 amide bonds. The molecule has 15 heavy (non-hydrogen) atoms. The second-order valence-electron chi connectivity index (χ2n) is 4.35. The van der Waals surface area contributed by atoms with E-state index in [1.54, 1.807) is 0 Å². The molecule has 3 nitrogen and oxygen atoms in total. The van der Waals surface area contributed by atoms with Crippen molar-refractivity contribution in [2.24, 2.45) is 0 Å². The van der Waals surface area contributed by atoms with Gasteiger partial charge in [0.1, 0.15) is 0 Å². The first kappa shape index (κ1) is 12.9. The lowest BCUT2D eigenvalue weighted by Gasteiger charge is -2.13. The van der Waals surface area contributed by atoms with Crippen LogP contribution >= 0.6 is 0 Å². The van der Waals surface area contributed by atoms with E-state index < -0.39 is 0 Å². The third-order valence-electron chi connectivity index (χ3n) is 2.78. The zero-order valence-electron chi connectivity index (χ0n) is 10.1. The molecule has 1 aliphatic heterocycles. The van der Waals surface area contributed by atoms with Crippen LogP contribution in [0.15, 0.2) is 0 Å². The summed E-state index contributed by atoms with van der Waals surface area (Å²) >= 11 is 0. The van der Waals surface area contributed by atoms with Crippen molar-refractivity contribution < 1.29 is 9.47 Å². The highest BCUT2D eigenvalue weighted by atomic mass is 16.5. The maximum atomic E-state index is 5.68. The maximum Gasteiger partial charge on any atom is 0.0830 e. The first-order valence-electron chi connectivity index (χ1n) is 6.25. The predicted molar refractivity (Wildman–Crippen MR) is 62.2 cm³/mol. The molecule has 1 N–H and O–H groups in total. The van der Waals surface area contributed by atoms with Crippen molar-refractivity contribution in [1.82, 2.24) is 5.32 Å². The number of ether oxygens (including phenoxy) is 2. The fourth-order valence-corrected chi connectivity index (χ4v) is 1.85. The van der Waals surface area contributed by atoms with Crippen LogP contribution in [-0.4, -0.2) is 38.5 Å². The highest BCUT2D eigenvalue weighted by Crippen LogP contribution is 2.07. The molecule has 0 aromatic heterocycles. The molecule has 0 radical (unpaired) electrons. The first-order valence-corrected chi connectivity index (χ1v) is 6.25. The van der Waals surface area contributed by atoms with Crippen molar-refractivity contribution in [1.29, 1.82) is 0 Å². The van der Waals surface area contributed by atoms with Crippen LogP contribution in [0, 0.1) is 0 Å². The highest BCUT2D eigenvalue weighted by molar-refractivity contribution is 4.63. The van der Waals surface area contributed by atoms with Crippen molar-refractivity contribution in [2.45, 2.75) is 51.7 Å². The monoisotopic (exact) mass is 215 g/mol. The molecule has 0 saturated carbocycles. The van der Waals surface area contributed by atoms with Crippen LogP contribution in [0.1, 0.15) is 39.5 Å². The first-order chi connectivity index (χ1) is 7.33. The smallest absolute Gasteiger partial charge is 0.0830 e. The molecule has 0 aromatic carbocycles. The number of nitrogens with one attached hydrogen (secondary N) is 1. The van der Waals surface area contributed by atoms with Gasteiger partial charge in [0.15, 0.2) is 0 Å². The van der Waals surface area contributed by atoms with Crippen LogP contribution < -0.4 is 5.32 Å². The summed E-state index contributed by atoms with van der Waals surface area (Å²) < 4.78 is 10.9. The van der Waals surface area contributed by atoms with Gasteiger partial charge >= 0.3 is 0 Å². The Morgan fingerprint density at radius 1 is 1.53 bits per heavy atom. The van der Waals surface area contributed by atoms with E-state index in [1.807, 2.05) is 0 Å². The molecule has 0 aromatic rings. The van der Waals surface area contributed by atoms with Crippen molar-refractivity contribution >= 4 is 0 Å². The van der Waals surface area contributed by atoms with Gasteiger partial charge in [0.25, 0.3) is 0 Å². The van der Waals surface area contributed by atoms with Gasteiger partial charge in [0.05, 0.1) is 12.7 Å². The largest absolute Gasteiger partial charge is 0.379 e. The van der Waals surface area contributed by atoms with Gasteiger partial charge < -0.3 is 14.8 Å². The third-order valence-corrected chi connectivity index (χ3v) is 2.78. The standard InChI is InChI=1S/C12H25NO2/c1-3-5-11(2)13-7-4-8-15-12-6-9-14-10-12/h11-13H,3-10H2,1-2H3. The van der Waals surface area contributed by atoms with E-state index in [9.17, 15) is 0 Å². The minimum atomic E-state index is 0.359. The lowest BCUT2D eigenvalue weighted by Crippen LogP contribution is -2.27. The molecule has 2 atom stereocenters. The summed E-state index contributed by atoms with van der Waals surface area (Å²) in [6, 6.07) is 0.643. The lowest BCUT2D eigenvalue weighted by atomic mass is 10.2. The van der Waals surface area contributed by atoms with Crippen LogP contribution in [0.4, 0.5) is 0 Å². The summed E-state index contributed by atoms with van der Waals surface area (Å²) in [5, 5.41) is 3.50. The molecule has 1 fully saturated rings. The van der Waals surface area contributed by atoms with Gasteiger partial charge in [0, 0.05) is 19.3 Å². The van der Waals surface area contributed by atoms with Gasteiger partial charge in [-0.05, 0) is 32.7 Å². The number of hydrogen-bond acceptors (Lipinski definition) is 3. The van der Waals surface area contributed by atoms with Gasteiger partial charge in [0.2, 0.25) is 0 Å². The van der Waals surface area contributed by atoms with Crippen LogP contribution in [0.5, 0.6) is 0 Å². The van der Waals surface area contributed by atoms with E-state index in [2.05, 4.69) is 19.2 Å². The van der Waals surface area contributed by atoms with E-state index >= 15 is 0 Å². The summed E-state index contributed by atoms with van der Waals surface area (Å²) in [7, 11) is 0. The van der Waals surface area contributed by atoms with E-state index in [0.29, 0.717) is 12.1 Å². The summed E-state index contributed by atoms with van der Waals surface area (Å²) in [6.45, 7) is 8.06. The molecule has 1 aliphatic rings. The predicted octanol–water partition coefficient (Wildman–Crippen LogP) is 1.96. The Kier molecular flexibility index (Phi) is 6.98. The fraction of sp³-hybridized carbons (Fsp3) is 1.00. The third kappa shape index (κ3) is 6.13. The highest BCUT2D eigenvalue weighted by Gasteiger charge is 2.15. The van der Waals surface area contributed by atoms with Gasteiger partial charge in [-0.15, -0.1) is 0 Å². The molecular formula is C12H25NO2. The molecule has 0 bridgehead atoms. The van der Waals surface area contributed by atoms with Gasteiger partial charge in [-0.1, -0.05) is 13.3 Å². The SMILES string of the molecule is CCCC(C)NCCCOC1CCOC1. The summed E-state index contributed by atoms with van der Waals surface area (Å²) in [5.74, 6) is 0. The van der Waals surface area contributed by atoms with Gasteiger partial charge in [-0.3, -0.25) is 0 Å². The topological polar surface area (TPSA) is 30.5 Å². The quantitative estimate of drug-likeness (QED) is 0.628. The second kappa shape index (κ2) is 8.08. The Morgan fingerprint density at radius 3 is 3.07 bits per heavy atom. The Labute approximate surface area is 93.5 Å². The Balaban J connectivity index is 1.84. The Hall–Kier alpha value is -0.120. The zero-order chi connectivity index (χ0) is 10.9. The van der Waals surface area contributed by atoms with Gasteiger partial charge in [-0.25, -0.2) is 0 Å². The molecule has 0 spiro atoms. The average molecular weight is 215 g/mol.